The zero-order valence-electron chi connectivity index (χ0n) is 15.1. The van der Waals surface area contributed by atoms with E-state index in [-0.39, 0.29) is 5.91 Å². The normalized spacial score (nSPS) is 15.1. The lowest BCUT2D eigenvalue weighted by molar-refractivity contribution is -0.134. The second kappa shape index (κ2) is 8.82. The second-order valence-corrected chi connectivity index (χ2v) is 6.97. The Hall–Kier alpha value is -2.13. The van der Waals surface area contributed by atoms with Crippen molar-refractivity contribution in [1.29, 1.82) is 0 Å². The van der Waals surface area contributed by atoms with Crippen LogP contribution in [0.5, 0.6) is 0 Å². The van der Waals surface area contributed by atoms with Crippen LogP contribution < -0.4 is 5.32 Å². The molecule has 3 nitrogen and oxygen atoms in total. The summed E-state index contributed by atoms with van der Waals surface area (Å²) >= 11 is 0. The summed E-state index contributed by atoms with van der Waals surface area (Å²) in [5.74, 6) is 0.274. The van der Waals surface area contributed by atoms with Crippen molar-refractivity contribution in [2.75, 3.05) is 13.1 Å². The number of nitrogens with zero attached hydrogens (tertiary/aromatic N) is 1. The summed E-state index contributed by atoms with van der Waals surface area (Å²) in [7, 11) is 0. The Kier molecular flexibility index (Phi) is 6.24. The summed E-state index contributed by atoms with van der Waals surface area (Å²) < 4.78 is 0. The minimum absolute atomic E-state index is 0.274. The lowest BCUT2D eigenvalue weighted by Gasteiger charge is -2.35. The number of rotatable bonds is 6. The molecule has 1 fully saturated rings. The molecule has 1 N–H and O–H groups in total. The molecule has 25 heavy (non-hydrogen) atoms. The minimum Gasteiger partial charge on any atom is -0.335 e. The van der Waals surface area contributed by atoms with Crippen LogP contribution in [0.2, 0.25) is 0 Å². The summed E-state index contributed by atoms with van der Waals surface area (Å²) in [5, 5.41) is 3.40. The maximum Gasteiger partial charge on any atom is 0.223 e. The fourth-order valence-corrected chi connectivity index (χ4v) is 3.47. The van der Waals surface area contributed by atoms with Gasteiger partial charge in [-0.3, -0.25) is 4.79 Å². The number of amides is 1. The fraction of sp³-hybridized carbons (Fsp3) is 0.409. The summed E-state index contributed by atoms with van der Waals surface area (Å²) in [5.41, 5.74) is 3.71. The van der Waals surface area contributed by atoms with Gasteiger partial charge in [-0.05, 0) is 50.4 Å². The zero-order valence-corrected chi connectivity index (χ0v) is 15.1. The van der Waals surface area contributed by atoms with E-state index < -0.39 is 0 Å². The van der Waals surface area contributed by atoms with Crippen molar-refractivity contribution in [3.63, 3.8) is 0 Å². The van der Waals surface area contributed by atoms with Crippen LogP contribution in [0.25, 0.3) is 0 Å². The lowest BCUT2D eigenvalue weighted by Crippen LogP contribution is -2.45. The van der Waals surface area contributed by atoms with E-state index in [9.17, 15) is 4.79 Å². The van der Waals surface area contributed by atoms with E-state index in [2.05, 4.69) is 53.5 Å². The Morgan fingerprint density at radius 3 is 2.36 bits per heavy atom. The van der Waals surface area contributed by atoms with E-state index in [1.807, 2.05) is 18.2 Å². The van der Waals surface area contributed by atoms with Gasteiger partial charge in [0.25, 0.3) is 0 Å². The van der Waals surface area contributed by atoms with Crippen molar-refractivity contribution < 1.29 is 4.79 Å². The largest absolute Gasteiger partial charge is 0.335 e. The van der Waals surface area contributed by atoms with Gasteiger partial charge in [0, 0.05) is 19.0 Å². The molecule has 1 saturated heterocycles. The molecule has 2 aromatic carbocycles. The number of nitrogens with one attached hydrogen (secondary N) is 1. The van der Waals surface area contributed by atoms with Crippen LogP contribution in [0.15, 0.2) is 54.6 Å². The van der Waals surface area contributed by atoms with Crippen LogP contribution in [0, 0.1) is 6.92 Å². The molecular formula is C22H28N2O. The topological polar surface area (TPSA) is 32.3 Å². The van der Waals surface area contributed by atoms with Crippen molar-refractivity contribution in [2.45, 2.75) is 45.2 Å². The number of carbonyl (C=O) groups excluding carboxylic acids is 1. The standard InChI is InChI=1S/C22H28N2O/c1-18-7-9-20(10-8-18)17-24(21-13-15-23-16-14-21)22(25)12-11-19-5-3-2-4-6-19/h2-10,21,23H,11-17H2,1H3. The molecule has 0 spiro atoms. The van der Waals surface area contributed by atoms with Gasteiger partial charge in [0.2, 0.25) is 5.91 Å². The first kappa shape index (κ1) is 17.7. The van der Waals surface area contributed by atoms with Gasteiger partial charge in [-0.1, -0.05) is 60.2 Å². The van der Waals surface area contributed by atoms with Crippen LogP contribution in [0.4, 0.5) is 0 Å². The molecule has 3 rings (SSSR count). The van der Waals surface area contributed by atoms with Gasteiger partial charge in [-0.2, -0.15) is 0 Å². The van der Waals surface area contributed by atoms with Gasteiger partial charge in [0.1, 0.15) is 0 Å². The van der Waals surface area contributed by atoms with Gasteiger partial charge in [-0.15, -0.1) is 0 Å². The monoisotopic (exact) mass is 336 g/mol. The Bertz CT molecular complexity index is 660. The van der Waals surface area contributed by atoms with Gasteiger partial charge in [0.05, 0.1) is 0 Å². The van der Waals surface area contributed by atoms with Crippen LogP contribution in [-0.2, 0) is 17.8 Å². The molecule has 0 unspecified atom stereocenters. The Morgan fingerprint density at radius 2 is 1.68 bits per heavy atom. The summed E-state index contributed by atoms with van der Waals surface area (Å²) in [6.07, 6.45) is 3.49. The van der Waals surface area contributed by atoms with Crippen molar-refractivity contribution in [3.05, 3.63) is 71.3 Å². The van der Waals surface area contributed by atoms with Crippen molar-refractivity contribution in [2.24, 2.45) is 0 Å². The smallest absolute Gasteiger partial charge is 0.223 e. The third kappa shape index (κ3) is 5.17. The van der Waals surface area contributed by atoms with E-state index in [4.69, 9.17) is 0 Å². The molecule has 1 amide bonds. The Balaban J connectivity index is 1.68. The van der Waals surface area contributed by atoms with Gasteiger partial charge >= 0.3 is 0 Å². The first-order valence-electron chi connectivity index (χ1n) is 9.32. The second-order valence-electron chi connectivity index (χ2n) is 6.97. The molecule has 0 saturated carbocycles. The van der Waals surface area contributed by atoms with E-state index >= 15 is 0 Å². The minimum atomic E-state index is 0.274. The zero-order chi connectivity index (χ0) is 17.5. The first-order valence-corrected chi connectivity index (χ1v) is 9.32. The van der Waals surface area contributed by atoms with E-state index in [1.54, 1.807) is 0 Å². The molecule has 0 aromatic heterocycles. The Labute approximate surface area is 151 Å². The number of hydrogen-bond acceptors (Lipinski definition) is 2. The SMILES string of the molecule is Cc1ccc(CN(C(=O)CCc2ccccc2)C2CCNCC2)cc1. The highest BCUT2D eigenvalue weighted by Crippen LogP contribution is 2.18. The highest BCUT2D eigenvalue weighted by Gasteiger charge is 2.25. The maximum atomic E-state index is 13.0. The van der Waals surface area contributed by atoms with Gasteiger partial charge < -0.3 is 10.2 Å². The molecule has 1 heterocycles. The van der Waals surface area contributed by atoms with Crippen molar-refractivity contribution in [3.8, 4) is 0 Å². The predicted octanol–water partition coefficient (Wildman–Crippen LogP) is 3.71. The molecule has 2 aromatic rings. The van der Waals surface area contributed by atoms with Gasteiger partial charge in [-0.25, -0.2) is 0 Å². The van der Waals surface area contributed by atoms with Crippen molar-refractivity contribution >= 4 is 5.91 Å². The average molecular weight is 336 g/mol. The Morgan fingerprint density at radius 1 is 1.00 bits per heavy atom. The molecule has 3 heteroatoms. The third-order valence-electron chi connectivity index (χ3n) is 5.01. The van der Waals surface area contributed by atoms with E-state index in [0.29, 0.717) is 12.5 Å². The maximum absolute atomic E-state index is 13.0. The third-order valence-corrected chi connectivity index (χ3v) is 5.01. The molecule has 0 aliphatic carbocycles. The molecule has 1 aliphatic rings. The van der Waals surface area contributed by atoms with Crippen LogP contribution in [0.3, 0.4) is 0 Å². The number of piperidine rings is 1. The predicted molar refractivity (Wildman–Crippen MR) is 102 cm³/mol. The fourth-order valence-electron chi connectivity index (χ4n) is 3.47. The van der Waals surface area contributed by atoms with E-state index in [1.165, 1.54) is 16.7 Å². The molecule has 1 aliphatic heterocycles. The average Bonchev–Trinajstić information content (AvgIpc) is 2.67. The number of benzene rings is 2. The summed E-state index contributed by atoms with van der Waals surface area (Å²) in [4.78, 5) is 15.1. The van der Waals surface area contributed by atoms with E-state index in [0.717, 1.165) is 38.9 Å². The molecule has 0 bridgehead atoms. The molecular weight excluding hydrogens is 308 g/mol. The molecule has 0 radical (unpaired) electrons. The number of aryl methyl sites for hydroxylation is 2. The number of hydrogen-bond donors (Lipinski definition) is 1. The lowest BCUT2D eigenvalue weighted by atomic mass is 10.0. The summed E-state index contributed by atoms with van der Waals surface area (Å²) in [6, 6.07) is 19.2. The quantitative estimate of drug-likeness (QED) is 0.872. The number of carbonyl (C=O) groups is 1. The first-order chi connectivity index (χ1) is 12.2. The highest BCUT2D eigenvalue weighted by molar-refractivity contribution is 5.76. The van der Waals surface area contributed by atoms with Crippen LogP contribution in [0.1, 0.15) is 36.0 Å². The molecule has 132 valence electrons. The van der Waals surface area contributed by atoms with Gasteiger partial charge in [0.15, 0.2) is 0 Å². The van der Waals surface area contributed by atoms with Crippen LogP contribution in [-0.4, -0.2) is 29.9 Å². The summed E-state index contributed by atoms with van der Waals surface area (Å²) in [6.45, 7) is 4.82. The highest BCUT2D eigenvalue weighted by atomic mass is 16.2. The van der Waals surface area contributed by atoms with Crippen LogP contribution >= 0.6 is 0 Å². The molecule has 0 atom stereocenters. The van der Waals surface area contributed by atoms with Crippen molar-refractivity contribution in [1.82, 2.24) is 10.2 Å².